The molecule has 0 radical (unpaired) electrons. The lowest BCUT2D eigenvalue weighted by Gasteiger charge is -2.26. The molecule has 1 aliphatic rings. The van der Waals surface area contributed by atoms with Crippen LogP contribution in [-0.4, -0.2) is 28.9 Å². The predicted molar refractivity (Wildman–Crippen MR) is 83.8 cm³/mol. The van der Waals surface area contributed by atoms with Crippen molar-refractivity contribution >= 4 is 29.4 Å². The number of urea groups is 1. The Morgan fingerprint density at radius 3 is 2.26 bits per heavy atom. The van der Waals surface area contributed by atoms with Crippen LogP contribution < -0.4 is 10.6 Å². The third-order valence-corrected chi connectivity index (χ3v) is 4.47. The van der Waals surface area contributed by atoms with E-state index < -0.39 is 11.7 Å². The Balaban J connectivity index is 1.78. The molecule has 0 heterocycles. The highest BCUT2D eigenvalue weighted by atomic mass is 32.2. The lowest BCUT2D eigenvalue weighted by atomic mass is 9.86. The molecule has 2 amide bonds. The molecule has 0 aromatic heterocycles. The zero-order chi connectivity index (χ0) is 16.8. The summed E-state index contributed by atoms with van der Waals surface area (Å²) in [6.07, 6.45) is 2.38. The third kappa shape index (κ3) is 5.70. The van der Waals surface area contributed by atoms with Gasteiger partial charge in [0.05, 0.1) is 5.92 Å². The summed E-state index contributed by atoms with van der Waals surface area (Å²) in [4.78, 5) is 23.2. The topological polar surface area (TPSA) is 78.4 Å². The largest absolute Gasteiger partial charge is 0.481 e. The number of hydrogen-bond donors (Lipinski definition) is 3. The van der Waals surface area contributed by atoms with Gasteiger partial charge in [0, 0.05) is 16.6 Å². The molecule has 1 fully saturated rings. The molecule has 1 saturated carbocycles. The molecule has 1 aromatic rings. The Kier molecular flexibility index (Phi) is 6.20. The quantitative estimate of drug-likeness (QED) is 0.711. The first-order valence-electron chi connectivity index (χ1n) is 7.29. The van der Waals surface area contributed by atoms with E-state index in [-0.39, 0.29) is 18.0 Å². The summed E-state index contributed by atoms with van der Waals surface area (Å²) >= 11 is 0.447. The number of anilines is 1. The molecule has 23 heavy (non-hydrogen) atoms. The maximum Gasteiger partial charge on any atom is 0.319 e. The molecule has 126 valence electrons. The number of alkyl halides is 2. The van der Waals surface area contributed by atoms with Gasteiger partial charge in [-0.1, -0.05) is 11.8 Å². The van der Waals surface area contributed by atoms with E-state index in [0.29, 0.717) is 48.0 Å². The monoisotopic (exact) mass is 344 g/mol. The number of halogens is 2. The summed E-state index contributed by atoms with van der Waals surface area (Å²) in [6.45, 7) is 0. The van der Waals surface area contributed by atoms with Gasteiger partial charge in [-0.15, -0.1) is 0 Å². The minimum Gasteiger partial charge on any atom is -0.481 e. The number of benzene rings is 1. The number of hydrogen-bond acceptors (Lipinski definition) is 3. The second-order valence-corrected chi connectivity index (χ2v) is 6.45. The lowest BCUT2D eigenvalue weighted by Crippen LogP contribution is -2.40. The standard InChI is InChI=1S/C15H18F2N2O3S/c16-14(17)23-12-7-5-11(6-8-12)19-15(22)18-10-3-1-9(2-4-10)13(20)21/h5-10,14H,1-4H2,(H,20,21)(H2,18,19,22). The molecular weight excluding hydrogens is 326 g/mol. The molecular formula is C15H18F2N2O3S. The fourth-order valence-corrected chi connectivity index (χ4v) is 3.06. The Hall–Kier alpha value is -1.83. The van der Waals surface area contributed by atoms with E-state index in [0.717, 1.165) is 0 Å². The van der Waals surface area contributed by atoms with Gasteiger partial charge >= 0.3 is 12.0 Å². The van der Waals surface area contributed by atoms with Crippen LogP contribution in [0.25, 0.3) is 0 Å². The first kappa shape index (κ1) is 17.5. The highest BCUT2D eigenvalue weighted by Crippen LogP contribution is 2.26. The van der Waals surface area contributed by atoms with Crippen LogP contribution in [0.2, 0.25) is 0 Å². The van der Waals surface area contributed by atoms with Crippen molar-refractivity contribution in [2.24, 2.45) is 5.92 Å². The van der Waals surface area contributed by atoms with Crippen molar-refractivity contribution in [3.05, 3.63) is 24.3 Å². The molecule has 0 aliphatic heterocycles. The van der Waals surface area contributed by atoms with Crippen LogP contribution in [0, 0.1) is 5.92 Å². The first-order chi connectivity index (χ1) is 10.9. The molecule has 3 N–H and O–H groups in total. The van der Waals surface area contributed by atoms with E-state index in [1.54, 1.807) is 12.1 Å². The van der Waals surface area contributed by atoms with E-state index in [1.807, 2.05) is 0 Å². The van der Waals surface area contributed by atoms with Crippen molar-refractivity contribution in [2.75, 3.05) is 5.32 Å². The zero-order valence-electron chi connectivity index (χ0n) is 12.3. The van der Waals surface area contributed by atoms with Crippen LogP contribution in [0.5, 0.6) is 0 Å². The molecule has 0 bridgehead atoms. The Bertz CT molecular complexity index is 546. The number of amides is 2. The lowest BCUT2D eigenvalue weighted by molar-refractivity contribution is -0.142. The summed E-state index contributed by atoms with van der Waals surface area (Å²) in [5, 5.41) is 14.4. The van der Waals surface area contributed by atoms with Gasteiger partial charge < -0.3 is 15.7 Å². The summed E-state index contributed by atoms with van der Waals surface area (Å²) in [6, 6.07) is 5.74. The first-order valence-corrected chi connectivity index (χ1v) is 8.17. The van der Waals surface area contributed by atoms with Crippen LogP contribution >= 0.6 is 11.8 Å². The van der Waals surface area contributed by atoms with Gasteiger partial charge in [0.1, 0.15) is 0 Å². The number of carboxylic acid groups (broad SMARTS) is 1. The number of nitrogens with one attached hydrogen (secondary N) is 2. The van der Waals surface area contributed by atoms with Crippen LogP contribution in [-0.2, 0) is 4.79 Å². The van der Waals surface area contributed by atoms with Crippen molar-refractivity contribution < 1.29 is 23.5 Å². The average molecular weight is 344 g/mol. The van der Waals surface area contributed by atoms with Crippen LogP contribution in [0.1, 0.15) is 25.7 Å². The van der Waals surface area contributed by atoms with Crippen molar-refractivity contribution in [1.82, 2.24) is 5.32 Å². The number of carbonyl (C=O) groups excluding carboxylic acids is 1. The van der Waals surface area contributed by atoms with Gasteiger partial charge in [-0.3, -0.25) is 4.79 Å². The second-order valence-electron chi connectivity index (χ2n) is 5.39. The predicted octanol–water partition coefficient (Wildman–Crippen LogP) is 3.77. The van der Waals surface area contributed by atoms with Crippen LogP contribution in [0.4, 0.5) is 19.3 Å². The van der Waals surface area contributed by atoms with Crippen molar-refractivity contribution in [3.63, 3.8) is 0 Å². The number of aliphatic carboxylic acids is 1. The van der Waals surface area contributed by atoms with E-state index in [4.69, 9.17) is 5.11 Å². The van der Waals surface area contributed by atoms with E-state index >= 15 is 0 Å². The minimum absolute atomic E-state index is 0.0423. The number of rotatable bonds is 5. The molecule has 1 aromatic carbocycles. The van der Waals surface area contributed by atoms with Gasteiger partial charge in [0.15, 0.2) is 0 Å². The van der Waals surface area contributed by atoms with Gasteiger partial charge in [0.2, 0.25) is 0 Å². The van der Waals surface area contributed by atoms with Crippen molar-refractivity contribution in [1.29, 1.82) is 0 Å². The molecule has 1 aliphatic carbocycles. The SMILES string of the molecule is O=C(Nc1ccc(SC(F)F)cc1)NC1CCC(C(=O)O)CC1. The maximum absolute atomic E-state index is 12.2. The minimum atomic E-state index is -2.47. The Morgan fingerprint density at radius 1 is 1.13 bits per heavy atom. The smallest absolute Gasteiger partial charge is 0.319 e. The highest BCUT2D eigenvalue weighted by Gasteiger charge is 2.26. The zero-order valence-corrected chi connectivity index (χ0v) is 13.1. The van der Waals surface area contributed by atoms with Crippen molar-refractivity contribution in [2.45, 2.75) is 42.4 Å². The summed E-state index contributed by atoms with van der Waals surface area (Å²) in [5.74, 6) is -3.58. The molecule has 0 atom stereocenters. The van der Waals surface area contributed by atoms with Crippen molar-refractivity contribution in [3.8, 4) is 0 Å². The number of carboxylic acids is 1. The molecule has 8 heteroatoms. The van der Waals surface area contributed by atoms with Gasteiger partial charge in [-0.05, 0) is 49.9 Å². The fraction of sp³-hybridized carbons (Fsp3) is 0.467. The molecule has 0 saturated heterocycles. The highest BCUT2D eigenvalue weighted by molar-refractivity contribution is 7.99. The molecule has 5 nitrogen and oxygen atoms in total. The Labute approximate surface area is 136 Å². The third-order valence-electron chi connectivity index (χ3n) is 3.75. The van der Waals surface area contributed by atoms with Crippen LogP contribution in [0.15, 0.2) is 29.2 Å². The summed E-state index contributed by atoms with van der Waals surface area (Å²) < 4.78 is 24.4. The fourth-order valence-electron chi connectivity index (χ4n) is 2.56. The normalized spacial score (nSPS) is 21.0. The van der Waals surface area contributed by atoms with E-state index in [9.17, 15) is 18.4 Å². The summed E-state index contributed by atoms with van der Waals surface area (Å²) in [7, 11) is 0. The van der Waals surface area contributed by atoms with Gasteiger partial charge in [-0.25, -0.2) is 4.79 Å². The Morgan fingerprint density at radius 2 is 1.74 bits per heavy atom. The molecule has 2 rings (SSSR count). The average Bonchev–Trinajstić information content (AvgIpc) is 2.49. The van der Waals surface area contributed by atoms with Crippen LogP contribution in [0.3, 0.4) is 0 Å². The van der Waals surface area contributed by atoms with Gasteiger partial charge in [0.25, 0.3) is 5.76 Å². The van der Waals surface area contributed by atoms with E-state index in [1.165, 1.54) is 12.1 Å². The number of carbonyl (C=O) groups is 2. The number of thioether (sulfide) groups is 1. The second kappa shape index (κ2) is 8.14. The molecule has 0 spiro atoms. The van der Waals surface area contributed by atoms with Gasteiger partial charge in [-0.2, -0.15) is 8.78 Å². The molecule has 0 unspecified atom stereocenters. The van der Waals surface area contributed by atoms with E-state index in [2.05, 4.69) is 10.6 Å². The maximum atomic E-state index is 12.2. The summed E-state index contributed by atoms with van der Waals surface area (Å²) in [5.41, 5.74) is 0.514.